The molecule has 0 fully saturated rings. The zero-order chi connectivity index (χ0) is 14.1. The Morgan fingerprint density at radius 2 is 1.71 bits per heavy atom. The molecule has 104 valence electrons. The van der Waals surface area contributed by atoms with Gasteiger partial charge in [-0.05, 0) is 31.6 Å². The number of unbranched alkanes of at least 4 members (excludes halogenated alkanes) is 1. The van der Waals surface area contributed by atoms with Gasteiger partial charge in [0.25, 0.3) is 0 Å². The molecule has 2 atom stereocenters. The van der Waals surface area contributed by atoms with Gasteiger partial charge in [-0.25, -0.2) is 0 Å². The number of hydrogen-bond acceptors (Lipinski definition) is 2. The highest BCUT2D eigenvalue weighted by Gasteiger charge is 2.11. The Balaban J connectivity index is 0. The van der Waals surface area contributed by atoms with Crippen molar-refractivity contribution in [2.24, 2.45) is 11.3 Å². The molecule has 1 N–H and O–H groups in total. The molecule has 0 unspecified atom stereocenters. The van der Waals surface area contributed by atoms with Crippen LogP contribution in [0.15, 0.2) is 0 Å². The number of carbonyl (C=O) groups excluding carboxylic acids is 1. The van der Waals surface area contributed by atoms with Crippen molar-refractivity contribution in [3.8, 4) is 0 Å². The topological polar surface area (TPSA) is 37.3 Å². The summed E-state index contributed by atoms with van der Waals surface area (Å²) in [6.45, 7) is 14.0. The lowest BCUT2D eigenvalue weighted by molar-refractivity contribution is -0.118. The summed E-state index contributed by atoms with van der Waals surface area (Å²) in [4.78, 5) is 10.5. The Kier molecular flexibility index (Phi) is 10.8. The van der Waals surface area contributed by atoms with Gasteiger partial charge in [-0.1, -0.05) is 47.5 Å². The summed E-state index contributed by atoms with van der Waals surface area (Å²) in [6, 6.07) is 0. The molecule has 0 saturated carbocycles. The van der Waals surface area contributed by atoms with Gasteiger partial charge in [0, 0.05) is 6.42 Å². The number of ketones is 1. The highest BCUT2D eigenvalue weighted by molar-refractivity contribution is 5.76. The highest BCUT2D eigenvalue weighted by atomic mass is 16.3. The molecule has 0 aliphatic carbocycles. The van der Waals surface area contributed by atoms with E-state index < -0.39 is 0 Å². The lowest BCUT2D eigenvalue weighted by atomic mass is 9.91. The average molecular weight is 244 g/mol. The summed E-state index contributed by atoms with van der Waals surface area (Å²) in [5.41, 5.74) is 0.172. The van der Waals surface area contributed by atoms with E-state index in [-0.39, 0.29) is 17.3 Å². The van der Waals surface area contributed by atoms with Crippen LogP contribution in [0, 0.1) is 11.3 Å². The zero-order valence-electron chi connectivity index (χ0n) is 12.8. The lowest BCUT2D eigenvalue weighted by Gasteiger charge is -2.14. The lowest BCUT2D eigenvalue weighted by Crippen LogP contribution is -2.12. The predicted molar refractivity (Wildman–Crippen MR) is 75.1 cm³/mol. The first-order chi connectivity index (χ1) is 7.60. The summed E-state index contributed by atoms with van der Waals surface area (Å²) >= 11 is 0. The molecule has 2 nitrogen and oxygen atoms in total. The van der Waals surface area contributed by atoms with Crippen molar-refractivity contribution >= 4 is 5.78 Å². The number of hydrogen-bond donors (Lipinski definition) is 1. The van der Waals surface area contributed by atoms with Gasteiger partial charge >= 0.3 is 0 Å². The van der Waals surface area contributed by atoms with E-state index in [1.165, 1.54) is 12.8 Å². The largest absolute Gasteiger partial charge is 0.393 e. The standard InChI is InChI=1S/C8H18O.C7H14O/c1-4-5-6-7(2)8(3)9;1-6(8)5-7(2,3)4/h7-9H,4-6H2,1-3H3;5H2,1-4H3/t7-,8-;/m0./s1. The maximum atomic E-state index is 10.5. The molecule has 0 bridgehead atoms. The number of carbonyl (C=O) groups is 1. The van der Waals surface area contributed by atoms with Crippen molar-refractivity contribution in [2.45, 2.75) is 80.3 Å². The van der Waals surface area contributed by atoms with Gasteiger partial charge < -0.3 is 9.90 Å². The summed E-state index contributed by atoms with van der Waals surface area (Å²) in [5.74, 6) is 0.752. The van der Waals surface area contributed by atoms with Crippen LogP contribution in [0.1, 0.15) is 74.1 Å². The molecular weight excluding hydrogens is 212 g/mol. The van der Waals surface area contributed by atoms with Crippen molar-refractivity contribution in [1.29, 1.82) is 0 Å². The fraction of sp³-hybridized carbons (Fsp3) is 0.933. The Morgan fingerprint density at radius 1 is 1.24 bits per heavy atom. The molecule has 0 aliphatic heterocycles. The summed E-state index contributed by atoms with van der Waals surface area (Å²) in [6.07, 6.45) is 4.20. The van der Waals surface area contributed by atoms with Crippen LogP contribution in [-0.2, 0) is 4.79 Å². The van der Waals surface area contributed by atoms with Crippen molar-refractivity contribution in [3.63, 3.8) is 0 Å². The van der Waals surface area contributed by atoms with Crippen LogP contribution in [0.2, 0.25) is 0 Å². The van der Waals surface area contributed by atoms with E-state index in [9.17, 15) is 4.79 Å². The molecule has 0 aromatic rings. The quantitative estimate of drug-likeness (QED) is 0.786. The smallest absolute Gasteiger partial charge is 0.130 e. The SMILES string of the molecule is CC(=O)CC(C)(C)C.CCCC[C@H](C)[C@H](C)O. The predicted octanol–water partition coefficient (Wildman–Crippen LogP) is 4.21. The average Bonchev–Trinajstić information content (AvgIpc) is 2.10. The summed E-state index contributed by atoms with van der Waals surface area (Å²) < 4.78 is 0. The molecule has 0 heterocycles. The van der Waals surface area contributed by atoms with Crippen LogP contribution < -0.4 is 0 Å². The monoisotopic (exact) mass is 244 g/mol. The van der Waals surface area contributed by atoms with Crippen molar-refractivity contribution in [2.75, 3.05) is 0 Å². The molecule has 0 aromatic heterocycles. The number of Topliss-reactive ketones (excluding diaryl/α,β-unsaturated/α-hetero) is 1. The number of rotatable bonds is 5. The molecule has 0 amide bonds. The van der Waals surface area contributed by atoms with Gasteiger partial charge in [-0.3, -0.25) is 0 Å². The van der Waals surface area contributed by atoms with Crippen LogP contribution in [0.4, 0.5) is 0 Å². The molecule has 0 radical (unpaired) electrons. The highest BCUT2D eigenvalue weighted by Crippen LogP contribution is 2.17. The van der Waals surface area contributed by atoms with Crippen LogP contribution in [-0.4, -0.2) is 17.0 Å². The third kappa shape index (κ3) is 18.2. The number of aliphatic hydroxyl groups excluding tert-OH is 1. The van der Waals surface area contributed by atoms with Crippen molar-refractivity contribution < 1.29 is 9.90 Å². The molecule has 17 heavy (non-hydrogen) atoms. The van der Waals surface area contributed by atoms with Gasteiger partial charge in [0.15, 0.2) is 0 Å². The maximum absolute atomic E-state index is 10.5. The van der Waals surface area contributed by atoms with Crippen LogP contribution >= 0.6 is 0 Å². The molecule has 0 spiro atoms. The van der Waals surface area contributed by atoms with E-state index in [0.29, 0.717) is 12.3 Å². The molecule has 0 rings (SSSR count). The Bertz CT molecular complexity index is 190. The van der Waals surface area contributed by atoms with Crippen molar-refractivity contribution in [3.05, 3.63) is 0 Å². The third-order valence-corrected chi connectivity index (χ3v) is 2.62. The summed E-state index contributed by atoms with van der Waals surface area (Å²) in [7, 11) is 0. The second-order valence-corrected chi connectivity index (χ2v) is 6.30. The minimum Gasteiger partial charge on any atom is -0.393 e. The van der Waals surface area contributed by atoms with Crippen LogP contribution in [0.5, 0.6) is 0 Å². The first-order valence-corrected chi connectivity index (χ1v) is 6.77. The first kappa shape index (κ1) is 19.0. The minimum atomic E-state index is -0.128. The Hall–Kier alpha value is -0.370. The van der Waals surface area contributed by atoms with Gasteiger partial charge in [0.05, 0.1) is 6.10 Å². The second kappa shape index (κ2) is 9.64. The van der Waals surface area contributed by atoms with E-state index >= 15 is 0 Å². The van der Waals surface area contributed by atoms with Gasteiger partial charge in [-0.2, -0.15) is 0 Å². The van der Waals surface area contributed by atoms with Crippen molar-refractivity contribution in [1.82, 2.24) is 0 Å². The second-order valence-electron chi connectivity index (χ2n) is 6.30. The molecule has 0 aliphatic rings. The third-order valence-electron chi connectivity index (χ3n) is 2.62. The van der Waals surface area contributed by atoms with E-state index in [4.69, 9.17) is 5.11 Å². The molecule has 0 aromatic carbocycles. The minimum absolute atomic E-state index is 0.128. The fourth-order valence-corrected chi connectivity index (χ4v) is 1.51. The van der Waals surface area contributed by atoms with Gasteiger partial charge in [0.1, 0.15) is 5.78 Å². The molecule has 2 heteroatoms. The summed E-state index contributed by atoms with van der Waals surface area (Å²) in [5, 5.41) is 9.05. The number of aliphatic hydroxyl groups is 1. The van der Waals surface area contributed by atoms with Crippen LogP contribution in [0.25, 0.3) is 0 Å². The molecule has 0 saturated heterocycles. The maximum Gasteiger partial charge on any atom is 0.130 e. The van der Waals surface area contributed by atoms with E-state index in [0.717, 1.165) is 6.42 Å². The van der Waals surface area contributed by atoms with E-state index in [2.05, 4.69) is 34.6 Å². The molecular formula is C15H32O2. The fourth-order valence-electron chi connectivity index (χ4n) is 1.51. The zero-order valence-corrected chi connectivity index (χ0v) is 12.8. The first-order valence-electron chi connectivity index (χ1n) is 6.77. The van der Waals surface area contributed by atoms with Gasteiger partial charge in [-0.15, -0.1) is 0 Å². The normalized spacial score (nSPS) is 14.6. The van der Waals surface area contributed by atoms with Crippen LogP contribution in [0.3, 0.4) is 0 Å². The Labute approximate surface area is 108 Å². The van der Waals surface area contributed by atoms with Gasteiger partial charge in [0.2, 0.25) is 0 Å². The van der Waals surface area contributed by atoms with E-state index in [1.54, 1.807) is 6.92 Å². The van der Waals surface area contributed by atoms with E-state index in [1.807, 2.05) is 6.92 Å². The Morgan fingerprint density at radius 3 is 1.88 bits per heavy atom.